The molecule has 1 aromatic carbocycles. The molecule has 2 heterocycles. The van der Waals surface area contributed by atoms with Gasteiger partial charge in [-0.05, 0) is 26.0 Å². The molecule has 1 aliphatic rings. The average molecular weight is 403 g/mol. The molecule has 1 saturated heterocycles. The Bertz CT molecular complexity index is 881. The molecule has 0 aliphatic carbocycles. The minimum Gasteiger partial charge on any atom is -0.354 e. The Morgan fingerprint density at radius 3 is 2.34 bits per heavy atom. The molecule has 3 rings (SSSR count). The lowest BCUT2D eigenvalue weighted by Gasteiger charge is -2.38. The maximum atomic E-state index is 13.3. The molecule has 0 spiro atoms. The lowest BCUT2D eigenvalue weighted by Crippen LogP contribution is -2.53. The van der Waals surface area contributed by atoms with Gasteiger partial charge in [-0.15, -0.1) is 0 Å². The summed E-state index contributed by atoms with van der Waals surface area (Å²) in [5.74, 6) is -0.154. The Labute approximate surface area is 169 Å². The van der Waals surface area contributed by atoms with Crippen LogP contribution in [0.5, 0.6) is 0 Å². The fourth-order valence-electron chi connectivity index (χ4n) is 3.32. The normalized spacial score (nSPS) is 16.2. The summed E-state index contributed by atoms with van der Waals surface area (Å²) in [6.07, 6.45) is 0. The van der Waals surface area contributed by atoms with Gasteiger partial charge >= 0.3 is 0 Å². The van der Waals surface area contributed by atoms with Crippen LogP contribution in [-0.2, 0) is 4.79 Å². The summed E-state index contributed by atoms with van der Waals surface area (Å²) in [5, 5.41) is 2.66. The van der Waals surface area contributed by atoms with Crippen molar-refractivity contribution in [1.82, 2.24) is 14.9 Å². The molecule has 1 aliphatic heterocycles. The van der Waals surface area contributed by atoms with Crippen LogP contribution in [0.2, 0.25) is 0 Å². The second-order valence-corrected chi connectivity index (χ2v) is 7.70. The zero-order valence-electron chi connectivity index (χ0n) is 17.2. The summed E-state index contributed by atoms with van der Waals surface area (Å²) in [6.45, 7) is 10.8. The molecule has 6 nitrogen and oxygen atoms in total. The number of nitrogens with one attached hydrogen (secondary N) is 1. The van der Waals surface area contributed by atoms with E-state index < -0.39 is 11.6 Å². The maximum absolute atomic E-state index is 13.3. The van der Waals surface area contributed by atoms with Crippen LogP contribution in [0.15, 0.2) is 24.3 Å². The van der Waals surface area contributed by atoms with Crippen LogP contribution in [0.3, 0.4) is 0 Å². The Morgan fingerprint density at radius 1 is 1.03 bits per heavy atom. The van der Waals surface area contributed by atoms with Crippen molar-refractivity contribution in [2.24, 2.45) is 0 Å². The van der Waals surface area contributed by atoms with Gasteiger partial charge in [-0.1, -0.05) is 13.8 Å². The van der Waals surface area contributed by atoms with Crippen LogP contribution in [0.4, 0.5) is 20.3 Å². The molecule has 1 aromatic heterocycles. The number of carbonyl (C=O) groups excluding carboxylic acids is 1. The molecule has 0 saturated carbocycles. The fraction of sp³-hybridized carbons (Fsp3) is 0.476. The summed E-state index contributed by atoms with van der Waals surface area (Å²) >= 11 is 0. The van der Waals surface area contributed by atoms with E-state index in [1.54, 1.807) is 0 Å². The van der Waals surface area contributed by atoms with E-state index >= 15 is 0 Å². The molecule has 1 atom stereocenters. The number of aryl methyl sites for hydroxylation is 1. The number of carbonyl (C=O) groups is 1. The summed E-state index contributed by atoms with van der Waals surface area (Å²) in [6, 6.07) is 4.94. The lowest BCUT2D eigenvalue weighted by atomic mass is 10.2. The molecule has 0 radical (unpaired) electrons. The van der Waals surface area contributed by atoms with E-state index in [1.807, 2.05) is 19.9 Å². The third-order valence-corrected chi connectivity index (χ3v) is 5.13. The Morgan fingerprint density at radius 2 is 1.72 bits per heavy atom. The lowest BCUT2D eigenvalue weighted by molar-refractivity contribution is -0.120. The summed E-state index contributed by atoms with van der Waals surface area (Å²) in [7, 11) is 0. The van der Waals surface area contributed by atoms with Crippen molar-refractivity contribution in [2.75, 3.05) is 36.4 Å². The van der Waals surface area contributed by atoms with E-state index in [1.165, 1.54) is 6.07 Å². The second kappa shape index (κ2) is 8.82. The topological polar surface area (TPSA) is 61.4 Å². The van der Waals surface area contributed by atoms with E-state index in [2.05, 4.69) is 38.9 Å². The molecule has 2 aromatic rings. The molecule has 0 bridgehead atoms. The summed E-state index contributed by atoms with van der Waals surface area (Å²) in [5.41, 5.74) is 1.19. The highest BCUT2D eigenvalue weighted by Gasteiger charge is 2.26. The molecule has 8 heteroatoms. The highest BCUT2D eigenvalue weighted by Crippen LogP contribution is 2.20. The third-order valence-electron chi connectivity index (χ3n) is 5.13. The van der Waals surface area contributed by atoms with Crippen LogP contribution in [0.25, 0.3) is 0 Å². The first-order valence-corrected chi connectivity index (χ1v) is 9.85. The predicted molar refractivity (Wildman–Crippen MR) is 109 cm³/mol. The van der Waals surface area contributed by atoms with Crippen molar-refractivity contribution in [3.63, 3.8) is 0 Å². The highest BCUT2D eigenvalue weighted by molar-refractivity contribution is 5.94. The number of anilines is 2. The van der Waals surface area contributed by atoms with Crippen molar-refractivity contribution in [3.8, 4) is 0 Å². The standard InChI is InChI=1S/C21H27F2N5O/c1-13(2)20-24-14(3)11-19(26-20)28-9-7-27(8-10-28)15(4)21(29)25-16-5-6-17(22)18(23)12-16/h5-6,11-13,15H,7-10H2,1-4H3,(H,25,29). The van der Waals surface area contributed by atoms with E-state index in [0.29, 0.717) is 13.1 Å². The minimum atomic E-state index is -0.982. The van der Waals surface area contributed by atoms with Gasteiger partial charge < -0.3 is 10.2 Å². The van der Waals surface area contributed by atoms with Crippen molar-refractivity contribution in [2.45, 2.75) is 39.7 Å². The smallest absolute Gasteiger partial charge is 0.241 e. The largest absolute Gasteiger partial charge is 0.354 e. The minimum absolute atomic E-state index is 0.246. The van der Waals surface area contributed by atoms with Crippen LogP contribution in [0.1, 0.15) is 38.2 Å². The van der Waals surface area contributed by atoms with E-state index in [4.69, 9.17) is 0 Å². The van der Waals surface area contributed by atoms with Crippen molar-refractivity contribution < 1.29 is 13.6 Å². The van der Waals surface area contributed by atoms with Crippen LogP contribution < -0.4 is 10.2 Å². The Balaban J connectivity index is 1.59. The third kappa shape index (κ3) is 5.06. The molecule has 1 N–H and O–H groups in total. The van der Waals surface area contributed by atoms with Crippen molar-refractivity contribution in [1.29, 1.82) is 0 Å². The number of hydrogen-bond donors (Lipinski definition) is 1. The molecule has 29 heavy (non-hydrogen) atoms. The molecule has 1 unspecified atom stereocenters. The van der Waals surface area contributed by atoms with Gasteiger partial charge in [0.25, 0.3) is 0 Å². The van der Waals surface area contributed by atoms with E-state index in [9.17, 15) is 13.6 Å². The molecule has 1 amide bonds. The molecular weight excluding hydrogens is 376 g/mol. The van der Waals surface area contributed by atoms with Gasteiger partial charge in [0.2, 0.25) is 5.91 Å². The van der Waals surface area contributed by atoms with Gasteiger partial charge in [-0.25, -0.2) is 18.7 Å². The number of halogens is 2. The van der Waals surface area contributed by atoms with Crippen LogP contribution in [0, 0.1) is 18.6 Å². The monoisotopic (exact) mass is 403 g/mol. The number of nitrogens with zero attached hydrogens (tertiary/aromatic N) is 4. The number of piperazine rings is 1. The average Bonchev–Trinajstić information content (AvgIpc) is 2.69. The van der Waals surface area contributed by atoms with E-state index in [0.717, 1.165) is 42.6 Å². The second-order valence-electron chi connectivity index (χ2n) is 7.70. The van der Waals surface area contributed by atoms with Gasteiger partial charge in [0.1, 0.15) is 11.6 Å². The maximum Gasteiger partial charge on any atom is 0.241 e. The van der Waals surface area contributed by atoms with E-state index in [-0.39, 0.29) is 23.6 Å². The highest BCUT2D eigenvalue weighted by atomic mass is 19.2. The number of amides is 1. The van der Waals surface area contributed by atoms with Crippen molar-refractivity contribution in [3.05, 3.63) is 47.4 Å². The molecule has 156 valence electrons. The zero-order chi connectivity index (χ0) is 21.1. The Hall–Kier alpha value is -2.61. The van der Waals surface area contributed by atoms with Crippen molar-refractivity contribution >= 4 is 17.4 Å². The zero-order valence-corrected chi connectivity index (χ0v) is 17.2. The number of benzene rings is 1. The summed E-state index contributed by atoms with van der Waals surface area (Å²) < 4.78 is 26.4. The van der Waals surface area contributed by atoms with Crippen LogP contribution in [-0.4, -0.2) is 53.0 Å². The molecule has 1 fully saturated rings. The van der Waals surface area contributed by atoms with Gasteiger partial charge in [-0.2, -0.15) is 0 Å². The Kier molecular flexibility index (Phi) is 6.42. The first-order valence-electron chi connectivity index (χ1n) is 9.85. The predicted octanol–water partition coefficient (Wildman–Crippen LogP) is 3.34. The van der Waals surface area contributed by atoms with Crippen LogP contribution >= 0.6 is 0 Å². The number of rotatable bonds is 5. The number of aromatic nitrogens is 2. The fourth-order valence-corrected chi connectivity index (χ4v) is 3.32. The van der Waals surface area contributed by atoms with Gasteiger partial charge in [0, 0.05) is 55.6 Å². The van der Waals surface area contributed by atoms with Gasteiger partial charge in [0.05, 0.1) is 6.04 Å². The number of hydrogen-bond acceptors (Lipinski definition) is 5. The first-order chi connectivity index (χ1) is 13.7. The van der Waals surface area contributed by atoms with Gasteiger partial charge in [-0.3, -0.25) is 9.69 Å². The SMILES string of the molecule is Cc1cc(N2CCN(C(C)C(=O)Nc3ccc(F)c(F)c3)CC2)nc(C(C)C)n1. The molecular formula is C21H27F2N5O. The first kappa shape index (κ1) is 21.1. The summed E-state index contributed by atoms with van der Waals surface area (Å²) in [4.78, 5) is 26.0. The van der Waals surface area contributed by atoms with Gasteiger partial charge in [0.15, 0.2) is 11.6 Å². The quantitative estimate of drug-likeness (QED) is 0.830.